The largest absolute Gasteiger partial charge is 0.463 e. The summed E-state index contributed by atoms with van der Waals surface area (Å²) < 4.78 is 19.9. The standard InChI is InChI=1S/C12H18N4O6/c1-3-20-11(17)8(2)21-12(18)9-10(13)22-14-16(9)15-4-6-19-7-5-15/h8H,3-7H2,1-2H3,(H-,13,14,18)/p+1. The van der Waals surface area contributed by atoms with Crippen molar-refractivity contribution in [3.05, 3.63) is 5.69 Å². The van der Waals surface area contributed by atoms with Crippen LogP contribution >= 0.6 is 0 Å². The summed E-state index contributed by atoms with van der Waals surface area (Å²) in [5.74, 6) is -1.64. The number of nitrogens with two attached hydrogens (primary N) is 1. The van der Waals surface area contributed by atoms with Crippen LogP contribution in [0.25, 0.3) is 0 Å². The number of hydrogen-bond donors (Lipinski definition) is 1. The molecule has 0 amide bonds. The second-order valence-electron chi connectivity index (χ2n) is 4.54. The van der Waals surface area contributed by atoms with Crippen molar-refractivity contribution in [3.63, 3.8) is 0 Å². The molecule has 1 unspecified atom stereocenters. The van der Waals surface area contributed by atoms with Crippen molar-refractivity contribution < 1.29 is 33.1 Å². The van der Waals surface area contributed by atoms with Gasteiger partial charge in [-0.05, 0) is 13.8 Å². The number of nitrogens with zero attached hydrogens (tertiary/aromatic N) is 3. The van der Waals surface area contributed by atoms with E-state index in [1.807, 2.05) is 0 Å². The molecule has 0 bridgehead atoms. The molecule has 0 radical (unpaired) electrons. The number of ether oxygens (including phenoxy) is 3. The Labute approximate surface area is 126 Å². The fraction of sp³-hybridized carbons (Fsp3) is 0.667. The second-order valence-corrected chi connectivity index (χ2v) is 4.54. The molecule has 1 fully saturated rings. The van der Waals surface area contributed by atoms with Gasteiger partial charge in [0, 0.05) is 0 Å². The normalized spacial score (nSPS) is 16.2. The van der Waals surface area contributed by atoms with Crippen LogP contribution in [0.15, 0.2) is 4.52 Å². The van der Waals surface area contributed by atoms with Crippen molar-refractivity contribution in [2.75, 3.05) is 43.7 Å². The van der Waals surface area contributed by atoms with Crippen molar-refractivity contribution in [1.82, 2.24) is 5.27 Å². The highest BCUT2D eigenvalue weighted by Crippen LogP contribution is 2.09. The molecule has 122 valence electrons. The Morgan fingerprint density at radius 3 is 2.77 bits per heavy atom. The third-order valence-corrected chi connectivity index (χ3v) is 3.00. The topological polar surface area (TPSA) is 121 Å². The molecule has 10 heteroatoms. The fourth-order valence-electron chi connectivity index (χ4n) is 1.91. The highest BCUT2D eigenvalue weighted by atomic mass is 16.6. The van der Waals surface area contributed by atoms with Crippen LogP contribution in [0.1, 0.15) is 24.3 Å². The molecule has 2 heterocycles. The summed E-state index contributed by atoms with van der Waals surface area (Å²) in [6.07, 6.45) is -1.06. The van der Waals surface area contributed by atoms with Crippen molar-refractivity contribution in [2.45, 2.75) is 20.0 Å². The number of nitrogen functional groups attached to an aromatic ring is 1. The maximum atomic E-state index is 12.2. The monoisotopic (exact) mass is 315 g/mol. The summed E-state index contributed by atoms with van der Waals surface area (Å²) in [6, 6.07) is 0. The average Bonchev–Trinajstić information content (AvgIpc) is 2.90. The van der Waals surface area contributed by atoms with Gasteiger partial charge in [0.05, 0.1) is 37.7 Å². The van der Waals surface area contributed by atoms with Gasteiger partial charge in [0.25, 0.3) is 0 Å². The number of esters is 2. The zero-order valence-electron chi connectivity index (χ0n) is 12.5. The smallest absolute Gasteiger partial charge is 0.416 e. The van der Waals surface area contributed by atoms with E-state index in [0.29, 0.717) is 26.3 Å². The first-order chi connectivity index (χ1) is 10.5. The Kier molecular flexibility index (Phi) is 5.15. The molecule has 0 aromatic carbocycles. The van der Waals surface area contributed by atoms with Crippen LogP contribution in [0, 0.1) is 0 Å². The van der Waals surface area contributed by atoms with Crippen LogP contribution in [-0.4, -0.2) is 56.2 Å². The number of morpholine rings is 1. The number of rotatable bonds is 5. The highest BCUT2D eigenvalue weighted by molar-refractivity contribution is 5.91. The second kappa shape index (κ2) is 7.07. The first-order valence-corrected chi connectivity index (χ1v) is 6.92. The first kappa shape index (κ1) is 16.0. The van der Waals surface area contributed by atoms with E-state index in [-0.39, 0.29) is 18.2 Å². The Morgan fingerprint density at radius 2 is 2.14 bits per heavy atom. The lowest BCUT2D eigenvalue weighted by Gasteiger charge is -2.19. The predicted octanol–water partition coefficient (Wildman–Crippen LogP) is -1.38. The summed E-state index contributed by atoms with van der Waals surface area (Å²) in [6.45, 7) is 5.30. The molecule has 22 heavy (non-hydrogen) atoms. The zero-order valence-corrected chi connectivity index (χ0v) is 12.5. The van der Waals surface area contributed by atoms with Gasteiger partial charge in [-0.15, -0.1) is 5.01 Å². The van der Waals surface area contributed by atoms with E-state index in [1.165, 1.54) is 11.7 Å². The lowest BCUT2D eigenvalue weighted by molar-refractivity contribution is -0.761. The zero-order chi connectivity index (χ0) is 16.1. The van der Waals surface area contributed by atoms with E-state index in [9.17, 15) is 9.59 Å². The number of aromatic nitrogens is 2. The molecule has 1 aliphatic rings. The van der Waals surface area contributed by atoms with Gasteiger partial charge >= 0.3 is 23.5 Å². The molecule has 10 nitrogen and oxygen atoms in total. The Bertz CT molecular complexity index is 540. The molecule has 1 aromatic heterocycles. The lowest BCUT2D eigenvalue weighted by Crippen LogP contribution is -2.65. The minimum Gasteiger partial charge on any atom is -0.463 e. The van der Waals surface area contributed by atoms with E-state index in [4.69, 9.17) is 24.5 Å². The van der Waals surface area contributed by atoms with Crippen LogP contribution in [0.2, 0.25) is 0 Å². The van der Waals surface area contributed by atoms with Crippen LogP contribution in [0.4, 0.5) is 5.88 Å². The third-order valence-electron chi connectivity index (χ3n) is 3.00. The molecular formula is C12H19N4O6+. The summed E-state index contributed by atoms with van der Waals surface area (Å²) in [4.78, 5) is 25.0. The van der Waals surface area contributed by atoms with Crippen LogP contribution < -0.4 is 15.5 Å². The van der Waals surface area contributed by atoms with Crippen molar-refractivity contribution >= 4 is 17.8 Å². The molecule has 1 aromatic rings. The number of anilines is 1. The minimum absolute atomic E-state index is 0.0713. The molecule has 0 aliphatic carbocycles. The Balaban J connectivity index is 2.12. The van der Waals surface area contributed by atoms with Crippen LogP contribution in [0.5, 0.6) is 0 Å². The lowest BCUT2D eigenvalue weighted by atomic mass is 10.4. The van der Waals surface area contributed by atoms with Gasteiger partial charge in [0.2, 0.25) is 5.27 Å². The molecule has 2 rings (SSSR count). The molecule has 1 aliphatic heterocycles. The van der Waals surface area contributed by atoms with Gasteiger partial charge < -0.3 is 19.9 Å². The van der Waals surface area contributed by atoms with Crippen molar-refractivity contribution in [3.8, 4) is 0 Å². The van der Waals surface area contributed by atoms with Crippen molar-refractivity contribution in [1.29, 1.82) is 0 Å². The number of hydrogen-bond acceptors (Lipinski definition) is 9. The summed E-state index contributed by atoms with van der Waals surface area (Å²) in [7, 11) is 0. The van der Waals surface area contributed by atoms with E-state index in [2.05, 4.69) is 5.27 Å². The predicted molar refractivity (Wildman–Crippen MR) is 71.4 cm³/mol. The first-order valence-electron chi connectivity index (χ1n) is 6.92. The van der Waals surface area contributed by atoms with Gasteiger partial charge in [-0.3, -0.25) is 4.52 Å². The molecular weight excluding hydrogens is 296 g/mol. The van der Waals surface area contributed by atoms with E-state index < -0.39 is 18.0 Å². The van der Waals surface area contributed by atoms with E-state index in [0.717, 1.165) is 0 Å². The third kappa shape index (κ3) is 3.45. The van der Waals surface area contributed by atoms with Gasteiger partial charge in [0.1, 0.15) is 0 Å². The molecule has 1 saturated heterocycles. The van der Waals surface area contributed by atoms with Crippen LogP contribution in [0.3, 0.4) is 0 Å². The minimum atomic E-state index is -1.06. The van der Waals surface area contributed by atoms with Crippen molar-refractivity contribution in [2.24, 2.45) is 0 Å². The van der Waals surface area contributed by atoms with Gasteiger partial charge in [-0.2, -0.15) is 0 Å². The van der Waals surface area contributed by atoms with Crippen LogP contribution in [-0.2, 0) is 19.0 Å². The SMILES string of the molecule is CCOC(=O)C(C)OC(=O)c1c(N)on[n+]1N1CCOCC1. The van der Waals surface area contributed by atoms with Gasteiger partial charge in [-0.25, -0.2) is 9.59 Å². The Hall–Kier alpha value is -2.36. The summed E-state index contributed by atoms with van der Waals surface area (Å²) in [5, 5.41) is 5.45. The van der Waals surface area contributed by atoms with E-state index >= 15 is 0 Å². The fourth-order valence-corrected chi connectivity index (χ4v) is 1.91. The number of carbonyl (C=O) groups excluding carboxylic acids is 2. The molecule has 1 atom stereocenters. The average molecular weight is 315 g/mol. The maximum Gasteiger partial charge on any atom is 0.416 e. The molecule has 0 saturated carbocycles. The number of carbonyl (C=O) groups is 2. The van der Waals surface area contributed by atoms with Gasteiger partial charge in [-0.1, -0.05) is 0 Å². The maximum absolute atomic E-state index is 12.2. The molecule has 2 N–H and O–H groups in total. The highest BCUT2D eigenvalue weighted by Gasteiger charge is 2.38. The Morgan fingerprint density at radius 1 is 1.45 bits per heavy atom. The van der Waals surface area contributed by atoms with Gasteiger partial charge in [0.15, 0.2) is 6.10 Å². The van der Waals surface area contributed by atoms with E-state index in [1.54, 1.807) is 11.9 Å². The summed E-state index contributed by atoms with van der Waals surface area (Å²) in [5.41, 5.74) is 5.56. The quantitative estimate of drug-likeness (QED) is 0.517. The molecule has 0 spiro atoms. The summed E-state index contributed by atoms with van der Waals surface area (Å²) >= 11 is 0.